The molecule has 3 rings (SSSR count). The summed E-state index contributed by atoms with van der Waals surface area (Å²) in [6.07, 6.45) is 0.407. The number of fused-ring (bicyclic) bond motifs is 1. The molecule has 1 saturated heterocycles. The Labute approximate surface area is 144 Å². The molecule has 0 saturated carbocycles. The molecule has 2 amide bonds. The number of rotatable bonds is 3. The van der Waals surface area contributed by atoms with Crippen LogP contribution in [0.4, 0.5) is 0 Å². The van der Waals surface area contributed by atoms with Crippen molar-refractivity contribution < 1.29 is 9.59 Å². The zero-order valence-corrected chi connectivity index (χ0v) is 14.2. The Hall–Kier alpha value is -2.74. The van der Waals surface area contributed by atoms with E-state index in [4.69, 9.17) is 5.73 Å². The SMILES string of the molecule is CNC(=O)[C@@H]1C[C@@H](N)CN1C(=O)Cn1nc(C)c2ccccc2c1=O. The minimum Gasteiger partial charge on any atom is -0.357 e. The van der Waals surface area contributed by atoms with Gasteiger partial charge in [-0.2, -0.15) is 5.10 Å². The molecule has 8 nitrogen and oxygen atoms in total. The largest absolute Gasteiger partial charge is 0.357 e. The van der Waals surface area contributed by atoms with Gasteiger partial charge in [0.2, 0.25) is 11.8 Å². The van der Waals surface area contributed by atoms with E-state index in [1.165, 1.54) is 11.9 Å². The summed E-state index contributed by atoms with van der Waals surface area (Å²) in [7, 11) is 1.52. The van der Waals surface area contributed by atoms with E-state index in [9.17, 15) is 14.4 Å². The Bertz CT molecular complexity index is 891. The third-order valence-corrected chi connectivity index (χ3v) is 4.54. The van der Waals surface area contributed by atoms with Crippen LogP contribution in [0.25, 0.3) is 10.8 Å². The summed E-state index contributed by atoms with van der Waals surface area (Å²) in [4.78, 5) is 38.7. The van der Waals surface area contributed by atoms with E-state index in [0.29, 0.717) is 17.5 Å². The molecule has 2 atom stereocenters. The fourth-order valence-electron chi connectivity index (χ4n) is 3.29. The van der Waals surface area contributed by atoms with E-state index >= 15 is 0 Å². The molecule has 0 spiro atoms. The third kappa shape index (κ3) is 3.12. The second-order valence-electron chi connectivity index (χ2n) is 6.27. The second-order valence-corrected chi connectivity index (χ2v) is 6.27. The van der Waals surface area contributed by atoms with E-state index < -0.39 is 6.04 Å². The summed E-state index contributed by atoms with van der Waals surface area (Å²) < 4.78 is 1.16. The minimum atomic E-state index is -0.607. The topological polar surface area (TPSA) is 110 Å². The van der Waals surface area contributed by atoms with Gasteiger partial charge in [0.05, 0.1) is 11.1 Å². The molecule has 0 bridgehead atoms. The highest BCUT2D eigenvalue weighted by Crippen LogP contribution is 2.18. The molecule has 2 heterocycles. The fraction of sp³-hybridized carbons (Fsp3) is 0.412. The summed E-state index contributed by atoms with van der Waals surface area (Å²) in [6.45, 7) is 1.87. The van der Waals surface area contributed by atoms with E-state index in [2.05, 4.69) is 10.4 Å². The van der Waals surface area contributed by atoms with Gasteiger partial charge in [-0.1, -0.05) is 18.2 Å². The van der Waals surface area contributed by atoms with Gasteiger partial charge in [-0.05, 0) is 19.4 Å². The van der Waals surface area contributed by atoms with Crippen LogP contribution in [0.3, 0.4) is 0 Å². The van der Waals surface area contributed by atoms with E-state index in [0.717, 1.165) is 10.1 Å². The number of hydrogen-bond acceptors (Lipinski definition) is 5. The van der Waals surface area contributed by atoms with Crippen LogP contribution in [0.5, 0.6) is 0 Å². The number of aryl methyl sites for hydroxylation is 1. The molecule has 1 aromatic heterocycles. The van der Waals surface area contributed by atoms with Gasteiger partial charge in [-0.25, -0.2) is 4.68 Å². The molecular formula is C17H21N5O3. The summed E-state index contributed by atoms with van der Waals surface area (Å²) >= 11 is 0. The first-order valence-corrected chi connectivity index (χ1v) is 8.15. The highest BCUT2D eigenvalue weighted by Gasteiger charge is 2.37. The smallest absolute Gasteiger partial charge is 0.275 e. The van der Waals surface area contributed by atoms with Gasteiger partial charge in [-0.3, -0.25) is 14.4 Å². The molecular weight excluding hydrogens is 322 g/mol. The average Bonchev–Trinajstić information content (AvgIpc) is 3.00. The lowest BCUT2D eigenvalue weighted by Crippen LogP contribution is -2.47. The van der Waals surface area contributed by atoms with Crippen LogP contribution < -0.4 is 16.6 Å². The summed E-state index contributed by atoms with van der Waals surface area (Å²) in [6, 6.07) is 6.29. The minimum absolute atomic E-state index is 0.218. The first-order valence-electron chi connectivity index (χ1n) is 8.15. The molecule has 8 heteroatoms. The van der Waals surface area contributed by atoms with Gasteiger partial charge in [0.1, 0.15) is 12.6 Å². The number of likely N-dealkylation sites (N-methyl/N-ethyl adjacent to an activating group) is 1. The number of carbonyl (C=O) groups is 2. The van der Waals surface area contributed by atoms with Gasteiger partial charge >= 0.3 is 0 Å². The number of nitrogens with one attached hydrogen (secondary N) is 1. The van der Waals surface area contributed by atoms with E-state index in [1.54, 1.807) is 19.1 Å². The quantitative estimate of drug-likeness (QED) is 0.772. The average molecular weight is 343 g/mol. The number of hydrogen-bond donors (Lipinski definition) is 2. The number of carbonyl (C=O) groups excluding carboxylic acids is 2. The maximum atomic E-state index is 12.7. The van der Waals surface area contributed by atoms with Gasteiger partial charge < -0.3 is 16.0 Å². The highest BCUT2D eigenvalue weighted by molar-refractivity contribution is 5.88. The third-order valence-electron chi connectivity index (χ3n) is 4.54. The van der Waals surface area contributed by atoms with Crippen LogP contribution in [0.2, 0.25) is 0 Å². The Morgan fingerprint density at radius 3 is 2.68 bits per heavy atom. The van der Waals surface area contributed by atoms with E-state index in [-0.39, 0.29) is 36.5 Å². The molecule has 132 valence electrons. The number of aromatic nitrogens is 2. The molecule has 2 aromatic rings. The number of likely N-dealkylation sites (tertiary alicyclic amines) is 1. The summed E-state index contributed by atoms with van der Waals surface area (Å²) in [5.74, 6) is -0.595. The highest BCUT2D eigenvalue weighted by atomic mass is 16.2. The van der Waals surface area contributed by atoms with Crippen molar-refractivity contribution in [3.05, 3.63) is 40.3 Å². The van der Waals surface area contributed by atoms with Crippen molar-refractivity contribution >= 4 is 22.6 Å². The summed E-state index contributed by atoms with van der Waals surface area (Å²) in [5, 5.41) is 8.08. The van der Waals surface area contributed by atoms with Crippen LogP contribution in [-0.2, 0) is 16.1 Å². The molecule has 1 aromatic carbocycles. The summed E-state index contributed by atoms with van der Waals surface area (Å²) in [5.41, 5.74) is 6.26. The van der Waals surface area contributed by atoms with Crippen molar-refractivity contribution in [2.24, 2.45) is 5.73 Å². The molecule has 3 N–H and O–H groups in total. The number of benzene rings is 1. The Kier molecular flexibility index (Phi) is 4.54. The van der Waals surface area contributed by atoms with Crippen molar-refractivity contribution in [1.82, 2.24) is 20.0 Å². The molecule has 1 aliphatic rings. The second kappa shape index (κ2) is 6.64. The molecule has 0 unspecified atom stereocenters. The maximum absolute atomic E-state index is 12.7. The molecule has 0 radical (unpaired) electrons. The van der Waals surface area contributed by atoms with Crippen LogP contribution in [0, 0.1) is 6.92 Å². The van der Waals surface area contributed by atoms with Crippen molar-refractivity contribution in [3.8, 4) is 0 Å². The van der Waals surface area contributed by atoms with Gasteiger partial charge in [0, 0.05) is 25.0 Å². The lowest BCUT2D eigenvalue weighted by Gasteiger charge is -2.23. The van der Waals surface area contributed by atoms with Gasteiger partial charge in [0.15, 0.2) is 0 Å². The monoisotopic (exact) mass is 343 g/mol. The number of nitrogens with two attached hydrogens (primary N) is 1. The van der Waals surface area contributed by atoms with Crippen molar-refractivity contribution in [1.29, 1.82) is 0 Å². The molecule has 1 aliphatic heterocycles. The standard InChI is InChI=1S/C17H21N5O3/c1-10-12-5-3-4-6-13(12)17(25)22(20-10)9-15(23)21-8-11(18)7-14(21)16(24)19-2/h3-6,11,14H,7-9,18H2,1-2H3,(H,19,24)/t11-,14+/m1/s1. The van der Waals surface area contributed by atoms with Crippen molar-refractivity contribution in [3.63, 3.8) is 0 Å². The van der Waals surface area contributed by atoms with Crippen LogP contribution in [-0.4, -0.2) is 52.2 Å². The number of nitrogens with zero attached hydrogens (tertiary/aromatic N) is 3. The Morgan fingerprint density at radius 1 is 1.32 bits per heavy atom. The predicted octanol–water partition coefficient (Wildman–Crippen LogP) is -0.621. The van der Waals surface area contributed by atoms with Crippen molar-refractivity contribution in [2.75, 3.05) is 13.6 Å². The first kappa shape index (κ1) is 17.1. The predicted molar refractivity (Wildman–Crippen MR) is 92.9 cm³/mol. The Balaban J connectivity index is 1.91. The van der Waals surface area contributed by atoms with Crippen molar-refractivity contribution in [2.45, 2.75) is 32.0 Å². The normalized spacial score (nSPS) is 20.0. The Morgan fingerprint density at radius 2 is 2.00 bits per heavy atom. The lowest BCUT2D eigenvalue weighted by atomic mass is 10.1. The lowest BCUT2D eigenvalue weighted by molar-refractivity contribution is -0.138. The van der Waals surface area contributed by atoms with Crippen LogP contribution in [0.1, 0.15) is 12.1 Å². The van der Waals surface area contributed by atoms with Crippen LogP contribution in [0.15, 0.2) is 29.1 Å². The number of amides is 2. The van der Waals surface area contributed by atoms with Gasteiger partial charge in [0.25, 0.3) is 5.56 Å². The zero-order chi connectivity index (χ0) is 18.1. The fourth-order valence-corrected chi connectivity index (χ4v) is 3.29. The molecule has 0 aliphatic carbocycles. The van der Waals surface area contributed by atoms with E-state index in [1.807, 2.05) is 12.1 Å². The zero-order valence-electron chi connectivity index (χ0n) is 14.2. The molecule has 25 heavy (non-hydrogen) atoms. The first-order chi connectivity index (χ1) is 11.9. The molecule has 1 fully saturated rings. The van der Waals surface area contributed by atoms with Gasteiger partial charge in [-0.15, -0.1) is 0 Å². The maximum Gasteiger partial charge on any atom is 0.275 e. The van der Waals surface area contributed by atoms with Crippen LogP contribution >= 0.6 is 0 Å².